The van der Waals surface area contributed by atoms with Crippen LogP contribution in [0.2, 0.25) is 0 Å². The zero-order valence-corrected chi connectivity index (χ0v) is 12.3. The van der Waals surface area contributed by atoms with Crippen LogP contribution in [0.4, 0.5) is 0 Å². The van der Waals surface area contributed by atoms with Crippen LogP contribution >= 0.6 is 0 Å². The Morgan fingerprint density at radius 3 is 3.00 bits per heavy atom. The number of aliphatic hydroxyl groups excluding tert-OH is 1. The van der Waals surface area contributed by atoms with Crippen LogP contribution < -0.4 is 5.32 Å². The van der Waals surface area contributed by atoms with Crippen molar-refractivity contribution < 1.29 is 9.90 Å². The average molecular weight is 288 g/mol. The highest BCUT2D eigenvalue weighted by Gasteiger charge is 2.10. The topological polar surface area (TPSA) is 80.0 Å². The van der Waals surface area contributed by atoms with Gasteiger partial charge in [0.05, 0.1) is 25.2 Å². The Kier molecular flexibility index (Phi) is 5.05. The molecular weight excluding hydrogens is 268 g/mol. The number of nitrogens with one attached hydrogen (secondary N) is 1. The van der Waals surface area contributed by atoms with Crippen LogP contribution in [0.1, 0.15) is 35.6 Å². The monoisotopic (exact) mass is 288 g/mol. The maximum absolute atomic E-state index is 12.1. The third-order valence-electron chi connectivity index (χ3n) is 3.03. The maximum Gasteiger partial charge on any atom is 0.270 e. The van der Waals surface area contributed by atoms with Gasteiger partial charge in [0.25, 0.3) is 5.91 Å². The first kappa shape index (κ1) is 15.2. The van der Waals surface area contributed by atoms with E-state index < -0.39 is 0 Å². The highest BCUT2D eigenvalue weighted by molar-refractivity contribution is 5.92. The van der Waals surface area contributed by atoms with Crippen LogP contribution in [-0.4, -0.2) is 25.5 Å². The molecule has 2 aromatic rings. The molecule has 0 bridgehead atoms. The summed E-state index contributed by atoms with van der Waals surface area (Å²) in [5, 5.41) is 11.9. The lowest BCUT2D eigenvalue weighted by molar-refractivity contribution is 0.0945. The number of hydrogen-bond donors (Lipinski definition) is 2. The molecule has 0 aliphatic rings. The molecule has 0 aromatic carbocycles. The quantitative estimate of drug-likeness (QED) is 0.841. The summed E-state index contributed by atoms with van der Waals surface area (Å²) < 4.78 is 2.03. The fourth-order valence-corrected chi connectivity index (χ4v) is 2.01. The lowest BCUT2D eigenvalue weighted by Gasteiger charge is -2.11. The molecule has 2 aromatic heterocycles. The number of pyridine rings is 1. The van der Waals surface area contributed by atoms with Gasteiger partial charge in [-0.15, -0.1) is 0 Å². The second kappa shape index (κ2) is 6.99. The first-order valence-electron chi connectivity index (χ1n) is 6.93. The molecule has 2 N–H and O–H groups in total. The minimum Gasteiger partial charge on any atom is -0.392 e. The summed E-state index contributed by atoms with van der Waals surface area (Å²) in [6.07, 6.45) is 5.04. The summed E-state index contributed by atoms with van der Waals surface area (Å²) in [5.41, 5.74) is 1.92. The molecule has 0 aliphatic heterocycles. The van der Waals surface area contributed by atoms with Crippen molar-refractivity contribution in [2.45, 2.75) is 33.5 Å². The number of aromatic nitrogens is 3. The van der Waals surface area contributed by atoms with Gasteiger partial charge in [0.1, 0.15) is 5.69 Å². The molecule has 21 heavy (non-hydrogen) atoms. The Labute approximate surface area is 123 Å². The lowest BCUT2D eigenvalue weighted by atomic mass is 10.2. The van der Waals surface area contributed by atoms with Crippen LogP contribution in [0.3, 0.4) is 0 Å². The molecule has 0 saturated carbocycles. The van der Waals surface area contributed by atoms with Crippen molar-refractivity contribution in [1.82, 2.24) is 19.9 Å². The van der Waals surface area contributed by atoms with E-state index in [-0.39, 0.29) is 12.5 Å². The molecule has 0 radical (unpaired) electrons. The third kappa shape index (κ3) is 4.13. The van der Waals surface area contributed by atoms with Crippen molar-refractivity contribution in [3.05, 3.63) is 47.8 Å². The van der Waals surface area contributed by atoms with Gasteiger partial charge in [-0.05, 0) is 23.6 Å². The lowest BCUT2D eigenvalue weighted by Crippen LogP contribution is -2.25. The summed E-state index contributed by atoms with van der Waals surface area (Å²) in [4.78, 5) is 20.2. The van der Waals surface area contributed by atoms with Crippen molar-refractivity contribution in [3.8, 4) is 0 Å². The standard InChI is InChI=1S/C15H20N4O2/c1-11(2)8-19-10-16-6-13(19)7-18-15(21)14-5-12(9-20)3-4-17-14/h3-6,10-11,20H,7-9H2,1-2H3,(H,18,21). The molecule has 0 aliphatic carbocycles. The van der Waals surface area contributed by atoms with Gasteiger partial charge < -0.3 is 15.0 Å². The Bertz CT molecular complexity index is 607. The molecule has 1 amide bonds. The molecule has 6 heteroatoms. The fourth-order valence-electron chi connectivity index (χ4n) is 2.01. The number of carbonyl (C=O) groups is 1. The Morgan fingerprint density at radius 2 is 2.29 bits per heavy atom. The highest BCUT2D eigenvalue weighted by atomic mass is 16.3. The van der Waals surface area contributed by atoms with Crippen LogP contribution in [0.25, 0.3) is 0 Å². The molecule has 0 fully saturated rings. The minimum atomic E-state index is -0.261. The van der Waals surface area contributed by atoms with Crippen LogP contribution in [0.5, 0.6) is 0 Å². The summed E-state index contributed by atoms with van der Waals surface area (Å²) in [7, 11) is 0. The third-order valence-corrected chi connectivity index (χ3v) is 3.03. The van der Waals surface area contributed by atoms with Gasteiger partial charge in [-0.2, -0.15) is 0 Å². The number of carbonyl (C=O) groups excluding carboxylic acids is 1. The summed E-state index contributed by atoms with van der Waals surface area (Å²) in [6.45, 7) is 5.42. The van der Waals surface area contributed by atoms with E-state index in [1.54, 1.807) is 24.7 Å². The molecule has 112 valence electrons. The van der Waals surface area contributed by atoms with Gasteiger partial charge in [0.15, 0.2) is 0 Å². The zero-order chi connectivity index (χ0) is 15.2. The van der Waals surface area contributed by atoms with Crippen molar-refractivity contribution in [2.24, 2.45) is 5.92 Å². The molecule has 0 atom stereocenters. The van der Waals surface area contributed by atoms with Crippen molar-refractivity contribution in [3.63, 3.8) is 0 Å². The van der Waals surface area contributed by atoms with Crippen LogP contribution in [0.15, 0.2) is 30.9 Å². The fraction of sp³-hybridized carbons (Fsp3) is 0.400. The van der Waals surface area contributed by atoms with E-state index in [9.17, 15) is 4.79 Å². The first-order valence-corrected chi connectivity index (χ1v) is 6.93. The van der Waals surface area contributed by atoms with E-state index in [1.165, 1.54) is 6.20 Å². The smallest absolute Gasteiger partial charge is 0.270 e. The van der Waals surface area contributed by atoms with E-state index >= 15 is 0 Å². The van der Waals surface area contributed by atoms with Gasteiger partial charge in [0, 0.05) is 18.9 Å². The number of nitrogens with zero attached hydrogens (tertiary/aromatic N) is 3. The maximum atomic E-state index is 12.1. The Hall–Kier alpha value is -2.21. The van der Waals surface area contributed by atoms with E-state index in [0.717, 1.165) is 12.2 Å². The summed E-state index contributed by atoms with van der Waals surface area (Å²) in [5.74, 6) is 0.249. The summed E-state index contributed by atoms with van der Waals surface area (Å²) in [6, 6.07) is 3.26. The molecule has 0 unspecified atom stereocenters. The van der Waals surface area contributed by atoms with Gasteiger partial charge in [0.2, 0.25) is 0 Å². The zero-order valence-electron chi connectivity index (χ0n) is 12.3. The van der Waals surface area contributed by atoms with Gasteiger partial charge in [-0.1, -0.05) is 13.8 Å². The second-order valence-corrected chi connectivity index (χ2v) is 5.32. The average Bonchev–Trinajstić information content (AvgIpc) is 2.91. The van der Waals surface area contributed by atoms with E-state index in [4.69, 9.17) is 5.11 Å². The normalized spacial score (nSPS) is 10.9. The van der Waals surface area contributed by atoms with Gasteiger partial charge in [-0.25, -0.2) is 4.98 Å². The molecule has 0 saturated heterocycles. The summed E-state index contributed by atoms with van der Waals surface area (Å²) >= 11 is 0. The van der Waals surface area contributed by atoms with Crippen molar-refractivity contribution in [1.29, 1.82) is 0 Å². The number of imidazole rings is 1. The second-order valence-electron chi connectivity index (χ2n) is 5.32. The minimum absolute atomic E-state index is 0.107. The number of aliphatic hydroxyl groups is 1. The molecule has 6 nitrogen and oxygen atoms in total. The highest BCUT2D eigenvalue weighted by Crippen LogP contribution is 2.06. The van der Waals surface area contributed by atoms with Crippen molar-refractivity contribution >= 4 is 5.91 Å². The number of amides is 1. The SMILES string of the molecule is CC(C)Cn1cncc1CNC(=O)c1cc(CO)ccn1. The van der Waals surface area contributed by atoms with E-state index in [1.807, 2.05) is 4.57 Å². The predicted octanol–water partition coefficient (Wildman–Crippen LogP) is 1.36. The van der Waals surface area contributed by atoms with E-state index in [0.29, 0.717) is 23.7 Å². The van der Waals surface area contributed by atoms with Crippen LogP contribution in [0, 0.1) is 5.92 Å². The van der Waals surface area contributed by atoms with Gasteiger partial charge in [-0.3, -0.25) is 9.78 Å². The van der Waals surface area contributed by atoms with Gasteiger partial charge >= 0.3 is 0 Å². The molecule has 0 spiro atoms. The first-order chi connectivity index (χ1) is 10.1. The van der Waals surface area contributed by atoms with E-state index in [2.05, 4.69) is 29.1 Å². The number of rotatable bonds is 6. The largest absolute Gasteiger partial charge is 0.392 e. The Morgan fingerprint density at radius 1 is 1.48 bits per heavy atom. The molecule has 2 rings (SSSR count). The van der Waals surface area contributed by atoms with Crippen LogP contribution in [-0.2, 0) is 19.7 Å². The molecule has 2 heterocycles. The Balaban J connectivity index is 1.99. The number of hydrogen-bond acceptors (Lipinski definition) is 4. The molecular formula is C15H20N4O2. The predicted molar refractivity (Wildman–Crippen MR) is 78.4 cm³/mol. The van der Waals surface area contributed by atoms with Crippen molar-refractivity contribution in [2.75, 3.05) is 0 Å².